The van der Waals surface area contributed by atoms with Crippen LogP contribution in [0.2, 0.25) is 0 Å². The van der Waals surface area contributed by atoms with E-state index in [9.17, 15) is 4.79 Å². The molecule has 4 nitrogen and oxygen atoms in total. The highest BCUT2D eigenvalue weighted by molar-refractivity contribution is 5.80. The molecule has 1 aromatic heterocycles. The van der Waals surface area contributed by atoms with E-state index in [1.54, 1.807) is 0 Å². The van der Waals surface area contributed by atoms with Gasteiger partial charge in [-0.15, -0.1) is 0 Å². The second kappa shape index (κ2) is 5.34. The molecule has 0 saturated heterocycles. The summed E-state index contributed by atoms with van der Waals surface area (Å²) in [5.41, 5.74) is 0.935. The first kappa shape index (κ1) is 11.5. The van der Waals surface area contributed by atoms with Gasteiger partial charge in [-0.25, -0.2) is 4.98 Å². The van der Waals surface area contributed by atoms with Crippen LogP contribution in [-0.4, -0.2) is 23.5 Å². The maximum atomic E-state index is 11.3. The zero-order chi connectivity index (χ0) is 11.3. The molecule has 1 amide bonds. The smallest absolute Gasteiger partial charge is 0.239 e. The van der Waals surface area contributed by atoms with Crippen molar-refractivity contribution >= 4 is 11.7 Å². The molecule has 0 atom stereocenters. The Balaban J connectivity index is 2.40. The Morgan fingerprint density at radius 2 is 2.20 bits per heavy atom. The quantitative estimate of drug-likeness (QED) is 0.783. The summed E-state index contributed by atoms with van der Waals surface area (Å²) >= 11 is 0. The molecule has 82 valence electrons. The molecule has 0 aliphatic carbocycles. The summed E-state index contributed by atoms with van der Waals surface area (Å²) < 4.78 is 0. The van der Waals surface area contributed by atoms with Crippen LogP contribution in [0.1, 0.15) is 19.5 Å². The third kappa shape index (κ3) is 4.44. The molecule has 0 fully saturated rings. The Kier molecular flexibility index (Phi) is 4.09. The van der Waals surface area contributed by atoms with Gasteiger partial charge in [0.2, 0.25) is 5.91 Å². The molecule has 0 saturated carbocycles. The molecule has 4 heteroatoms. The predicted octanol–water partition coefficient (Wildman–Crippen LogP) is 1.33. The fourth-order valence-corrected chi connectivity index (χ4v) is 1.19. The van der Waals surface area contributed by atoms with Crippen LogP contribution in [0.25, 0.3) is 0 Å². The van der Waals surface area contributed by atoms with E-state index in [0.29, 0.717) is 0 Å². The lowest BCUT2D eigenvalue weighted by Gasteiger charge is -2.09. The van der Waals surface area contributed by atoms with Crippen molar-refractivity contribution in [3.05, 3.63) is 23.9 Å². The van der Waals surface area contributed by atoms with Crippen LogP contribution < -0.4 is 10.6 Å². The molecule has 1 heterocycles. The Hall–Kier alpha value is -1.58. The van der Waals surface area contributed by atoms with E-state index < -0.39 is 0 Å². The fraction of sp³-hybridized carbons (Fsp3) is 0.455. The predicted molar refractivity (Wildman–Crippen MR) is 60.7 cm³/mol. The number of carbonyl (C=O) groups is 1. The van der Waals surface area contributed by atoms with E-state index in [4.69, 9.17) is 0 Å². The molecule has 0 aromatic carbocycles. The van der Waals surface area contributed by atoms with Gasteiger partial charge < -0.3 is 10.6 Å². The maximum absolute atomic E-state index is 11.3. The summed E-state index contributed by atoms with van der Waals surface area (Å²) in [6.07, 6.45) is 0. The zero-order valence-electron chi connectivity index (χ0n) is 9.37. The van der Waals surface area contributed by atoms with E-state index in [0.717, 1.165) is 11.5 Å². The molecule has 0 spiro atoms. The molecule has 15 heavy (non-hydrogen) atoms. The largest absolute Gasteiger partial charge is 0.361 e. The normalized spacial score (nSPS) is 10.1. The van der Waals surface area contributed by atoms with Gasteiger partial charge in [0.15, 0.2) is 0 Å². The number of anilines is 1. The summed E-state index contributed by atoms with van der Waals surface area (Å²) in [7, 11) is 0. The van der Waals surface area contributed by atoms with Gasteiger partial charge in [0, 0.05) is 11.7 Å². The average molecular weight is 207 g/mol. The lowest BCUT2D eigenvalue weighted by atomic mass is 10.3. The van der Waals surface area contributed by atoms with Crippen LogP contribution in [0, 0.1) is 6.92 Å². The molecular formula is C11H17N3O. The third-order valence-electron chi connectivity index (χ3n) is 1.77. The lowest BCUT2D eigenvalue weighted by Crippen LogP contribution is -2.34. The van der Waals surface area contributed by atoms with Crippen molar-refractivity contribution in [2.75, 3.05) is 11.9 Å². The maximum Gasteiger partial charge on any atom is 0.239 e. The van der Waals surface area contributed by atoms with Crippen LogP contribution in [0.4, 0.5) is 5.82 Å². The number of hydrogen-bond donors (Lipinski definition) is 2. The van der Waals surface area contributed by atoms with Crippen molar-refractivity contribution in [3.63, 3.8) is 0 Å². The number of rotatable bonds is 4. The molecule has 0 unspecified atom stereocenters. The van der Waals surface area contributed by atoms with Gasteiger partial charge in [0.25, 0.3) is 0 Å². The average Bonchev–Trinajstić information content (AvgIpc) is 2.14. The van der Waals surface area contributed by atoms with Gasteiger partial charge in [-0.05, 0) is 32.9 Å². The van der Waals surface area contributed by atoms with Crippen LogP contribution >= 0.6 is 0 Å². The minimum absolute atomic E-state index is 0.0201. The van der Waals surface area contributed by atoms with Crippen molar-refractivity contribution in [2.24, 2.45) is 0 Å². The summed E-state index contributed by atoms with van der Waals surface area (Å²) in [6.45, 7) is 6.04. The number of hydrogen-bond acceptors (Lipinski definition) is 3. The zero-order valence-corrected chi connectivity index (χ0v) is 9.37. The van der Waals surface area contributed by atoms with E-state index >= 15 is 0 Å². The second-order valence-corrected chi connectivity index (χ2v) is 3.74. The number of nitrogens with one attached hydrogen (secondary N) is 2. The van der Waals surface area contributed by atoms with E-state index in [2.05, 4.69) is 15.6 Å². The Morgan fingerprint density at radius 1 is 1.47 bits per heavy atom. The summed E-state index contributed by atoms with van der Waals surface area (Å²) in [5, 5.41) is 5.77. The first-order chi connectivity index (χ1) is 7.08. The lowest BCUT2D eigenvalue weighted by molar-refractivity contribution is -0.119. The molecule has 1 aromatic rings. The van der Waals surface area contributed by atoms with Gasteiger partial charge in [-0.1, -0.05) is 6.07 Å². The monoisotopic (exact) mass is 207 g/mol. The van der Waals surface area contributed by atoms with Crippen LogP contribution in [0.3, 0.4) is 0 Å². The molecular weight excluding hydrogens is 190 g/mol. The highest BCUT2D eigenvalue weighted by Crippen LogP contribution is 2.02. The van der Waals surface area contributed by atoms with E-state index in [-0.39, 0.29) is 18.5 Å². The highest BCUT2D eigenvalue weighted by Gasteiger charge is 2.02. The van der Waals surface area contributed by atoms with E-state index in [1.165, 1.54) is 0 Å². The minimum atomic E-state index is -0.0201. The molecule has 0 aliphatic rings. The van der Waals surface area contributed by atoms with E-state index in [1.807, 2.05) is 39.0 Å². The standard InChI is InChI=1S/C11H17N3O/c1-8(2)13-11(15)7-12-10-6-4-5-9(3)14-10/h4-6,8H,7H2,1-3H3,(H,12,14)(H,13,15). The summed E-state index contributed by atoms with van der Waals surface area (Å²) in [4.78, 5) is 15.5. The number of aryl methyl sites for hydroxylation is 1. The van der Waals surface area contributed by atoms with Crippen molar-refractivity contribution in [3.8, 4) is 0 Å². The molecule has 0 bridgehead atoms. The first-order valence-corrected chi connectivity index (χ1v) is 5.05. The van der Waals surface area contributed by atoms with Crippen LogP contribution in [0.5, 0.6) is 0 Å². The Bertz CT molecular complexity index is 336. The SMILES string of the molecule is Cc1cccc(NCC(=O)NC(C)C)n1. The number of amides is 1. The van der Waals surface area contributed by atoms with Crippen LogP contribution in [-0.2, 0) is 4.79 Å². The number of carbonyl (C=O) groups excluding carboxylic acids is 1. The highest BCUT2D eigenvalue weighted by atomic mass is 16.1. The number of aromatic nitrogens is 1. The second-order valence-electron chi connectivity index (χ2n) is 3.74. The van der Waals surface area contributed by atoms with Gasteiger partial charge in [-0.2, -0.15) is 0 Å². The van der Waals surface area contributed by atoms with Gasteiger partial charge >= 0.3 is 0 Å². The number of pyridine rings is 1. The topological polar surface area (TPSA) is 54.0 Å². The summed E-state index contributed by atoms with van der Waals surface area (Å²) in [5.74, 6) is 0.710. The minimum Gasteiger partial charge on any atom is -0.361 e. The van der Waals surface area contributed by atoms with Gasteiger partial charge in [-0.3, -0.25) is 4.79 Å². The Labute approximate surface area is 90.1 Å². The summed E-state index contributed by atoms with van der Waals surface area (Å²) in [6, 6.07) is 5.84. The van der Waals surface area contributed by atoms with Crippen molar-refractivity contribution in [1.82, 2.24) is 10.3 Å². The molecule has 1 rings (SSSR count). The third-order valence-corrected chi connectivity index (χ3v) is 1.77. The van der Waals surface area contributed by atoms with Crippen molar-refractivity contribution in [2.45, 2.75) is 26.8 Å². The van der Waals surface area contributed by atoms with Crippen LogP contribution in [0.15, 0.2) is 18.2 Å². The molecule has 0 radical (unpaired) electrons. The van der Waals surface area contributed by atoms with Crippen molar-refractivity contribution < 1.29 is 4.79 Å². The van der Waals surface area contributed by atoms with Gasteiger partial charge in [0.05, 0.1) is 6.54 Å². The fourth-order valence-electron chi connectivity index (χ4n) is 1.19. The number of nitrogens with zero attached hydrogens (tertiary/aromatic N) is 1. The van der Waals surface area contributed by atoms with Gasteiger partial charge in [0.1, 0.15) is 5.82 Å². The molecule has 2 N–H and O–H groups in total. The molecule has 0 aliphatic heterocycles. The van der Waals surface area contributed by atoms with Crippen molar-refractivity contribution in [1.29, 1.82) is 0 Å². The first-order valence-electron chi connectivity index (χ1n) is 5.05. The Morgan fingerprint density at radius 3 is 2.80 bits per heavy atom.